The fraction of sp³-hybridized carbons (Fsp3) is 0.929. The predicted molar refractivity (Wildman–Crippen MR) is 78.0 cm³/mol. The Hall–Kier alpha value is -0.220. The van der Waals surface area contributed by atoms with E-state index in [4.69, 9.17) is 4.74 Å². The fourth-order valence-corrected chi connectivity index (χ4v) is 3.82. The molecule has 0 bridgehead atoms. The van der Waals surface area contributed by atoms with Gasteiger partial charge in [-0.25, -0.2) is 0 Å². The number of carbonyl (C=O) groups is 1. The van der Waals surface area contributed by atoms with Crippen LogP contribution < -0.4 is 5.32 Å². The lowest BCUT2D eigenvalue weighted by atomic mass is 10.1. The molecule has 1 fully saturated rings. The van der Waals surface area contributed by atoms with Crippen LogP contribution in [0.5, 0.6) is 0 Å². The summed E-state index contributed by atoms with van der Waals surface area (Å²) in [6, 6.07) is 0.369. The van der Waals surface area contributed by atoms with Gasteiger partial charge in [0.1, 0.15) is 6.04 Å². The second-order valence-corrected chi connectivity index (χ2v) is 6.43. The zero-order valence-corrected chi connectivity index (χ0v) is 12.7. The van der Waals surface area contributed by atoms with Gasteiger partial charge in [-0.3, -0.25) is 4.79 Å². The van der Waals surface area contributed by atoms with Gasteiger partial charge < -0.3 is 10.1 Å². The number of rotatable bonds is 8. The van der Waals surface area contributed by atoms with Crippen molar-refractivity contribution in [3.63, 3.8) is 0 Å². The van der Waals surface area contributed by atoms with E-state index < -0.39 is 0 Å². The maximum absolute atomic E-state index is 11.8. The van der Waals surface area contributed by atoms with Crippen LogP contribution in [0.25, 0.3) is 0 Å². The maximum Gasteiger partial charge on any atom is 0.322 e. The van der Waals surface area contributed by atoms with E-state index in [0.29, 0.717) is 11.3 Å². The van der Waals surface area contributed by atoms with Crippen molar-refractivity contribution in [2.24, 2.45) is 0 Å². The highest BCUT2D eigenvalue weighted by Gasteiger charge is 2.31. The van der Waals surface area contributed by atoms with Crippen LogP contribution in [0.1, 0.15) is 52.4 Å². The van der Waals surface area contributed by atoms with E-state index in [1.54, 1.807) is 0 Å². The van der Waals surface area contributed by atoms with Gasteiger partial charge in [0.2, 0.25) is 0 Å². The van der Waals surface area contributed by atoms with Crippen LogP contribution in [-0.2, 0) is 9.53 Å². The minimum absolute atomic E-state index is 0.101. The number of thioether (sulfide) groups is 1. The molecule has 106 valence electrons. The molecule has 0 saturated heterocycles. The molecular formula is C14H27NO2S. The predicted octanol–water partition coefficient (Wildman–Crippen LogP) is 2.98. The van der Waals surface area contributed by atoms with Crippen LogP contribution in [0, 0.1) is 0 Å². The Balaban J connectivity index is 2.50. The average Bonchev–Trinajstić information content (AvgIpc) is 2.81. The van der Waals surface area contributed by atoms with Crippen molar-refractivity contribution in [1.82, 2.24) is 5.32 Å². The summed E-state index contributed by atoms with van der Waals surface area (Å²) in [5, 5.41) is 4.21. The molecule has 18 heavy (non-hydrogen) atoms. The lowest BCUT2D eigenvalue weighted by Gasteiger charge is -2.25. The Morgan fingerprint density at radius 2 is 2.22 bits per heavy atom. The highest BCUT2D eigenvalue weighted by atomic mass is 32.2. The number of esters is 1. The van der Waals surface area contributed by atoms with E-state index in [1.807, 2.05) is 11.8 Å². The molecule has 1 rings (SSSR count). The van der Waals surface area contributed by atoms with Crippen molar-refractivity contribution in [2.45, 2.75) is 69.7 Å². The van der Waals surface area contributed by atoms with E-state index in [-0.39, 0.29) is 12.0 Å². The van der Waals surface area contributed by atoms with E-state index in [0.717, 1.165) is 25.0 Å². The smallest absolute Gasteiger partial charge is 0.322 e. The Labute approximate surface area is 115 Å². The molecule has 1 N–H and O–H groups in total. The molecule has 3 atom stereocenters. The highest BCUT2D eigenvalue weighted by Crippen LogP contribution is 2.30. The average molecular weight is 273 g/mol. The normalized spacial score (nSPS) is 25.1. The molecule has 3 nitrogen and oxygen atoms in total. The van der Waals surface area contributed by atoms with Crippen LogP contribution in [0.3, 0.4) is 0 Å². The van der Waals surface area contributed by atoms with Gasteiger partial charge >= 0.3 is 5.97 Å². The topological polar surface area (TPSA) is 38.3 Å². The molecule has 0 radical (unpaired) electrons. The summed E-state index contributed by atoms with van der Waals surface area (Å²) >= 11 is 2.02. The summed E-state index contributed by atoms with van der Waals surface area (Å²) in [6.45, 7) is 4.36. The van der Waals surface area contributed by atoms with E-state index in [1.165, 1.54) is 26.4 Å². The van der Waals surface area contributed by atoms with Crippen LogP contribution in [0.4, 0.5) is 0 Å². The SMILES string of the molecule is CCCCC(NC1CCCC1SCC)C(=O)OC. The third kappa shape index (κ3) is 4.81. The second kappa shape index (κ2) is 8.81. The molecule has 1 aliphatic rings. The van der Waals surface area contributed by atoms with Crippen LogP contribution >= 0.6 is 11.8 Å². The molecule has 0 heterocycles. The molecular weight excluding hydrogens is 246 g/mol. The molecule has 4 heteroatoms. The largest absolute Gasteiger partial charge is 0.468 e. The Kier molecular flexibility index (Phi) is 7.75. The van der Waals surface area contributed by atoms with Crippen molar-refractivity contribution >= 4 is 17.7 Å². The molecule has 0 aromatic carbocycles. The van der Waals surface area contributed by atoms with Gasteiger partial charge in [-0.05, 0) is 25.0 Å². The number of methoxy groups -OCH3 is 1. The van der Waals surface area contributed by atoms with Gasteiger partial charge in [-0.15, -0.1) is 0 Å². The van der Waals surface area contributed by atoms with Crippen LogP contribution in [-0.4, -0.2) is 36.2 Å². The Morgan fingerprint density at radius 3 is 2.83 bits per heavy atom. The van der Waals surface area contributed by atoms with Gasteiger partial charge in [-0.1, -0.05) is 33.1 Å². The lowest BCUT2D eigenvalue weighted by molar-refractivity contribution is -0.143. The molecule has 1 saturated carbocycles. The summed E-state index contributed by atoms with van der Waals surface area (Å²) in [7, 11) is 1.48. The number of ether oxygens (including phenoxy) is 1. The van der Waals surface area contributed by atoms with Crippen molar-refractivity contribution in [2.75, 3.05) is 12.9 Å². The first-order chi connectivity index (χ1) is 8.72. The molecule has 0 aromatic rings. The number of nitrogens with one attached hydrogen (secondary N) is 1. The van der Waals surface area contributed by atoms with E-state index in [9.17, 15) is 4.79 Å². The molecule has 1 aliphatic carbocycles. The molecule has 0 amide bonds. The highest BCUT2D eigenvalue weighted by molar-refractivity contribution is 7.99. The minimum atomic E-state index is -0.113. The number of unbranched alkanes of at least 4 members (excludes halogenated alkanes) is 1. The third-order valence-corrected chi connectivity index (χ3v) is 4.91. The zero-order chi connectivity index (χ0) is 13.4. The second-order valence-electron chi connectivity index (χ2n) is 4.92. The summed E-state index contributed by atoms with van der Waals surface area (Å²) in [5.74, 6) is 1.05. The van der Waals surface area contributed by atoms with Gasteiger partial charge in [0, 0.05) is 11.3 Å². The number of hydrogen-bond donors (Lipinski definition) is 1. The van der Waals surface area contributed by atoms with Gasteiger partial charge in [0.25, 0.3) is 0 Å². The summed E-state index contributed by atoms with van der Waals surface area (Å²) < 4.78 is 4.91. The molecule has 3 unspecified atom stereocenters. The maximum atomic E-state index is 11.8. The monoisotopic (exact) mass is 273 g/mol. The van der Waals surface area contributed by atoms with Crippen LogP contribution in [0.2, 0.25) is 0 Å². The Morgan fingerprint density at radius 1 is 1.44 bits per heavy atom. The summed E-state index contributed by atoms with van der Waals surface area (Å²) in [5.41, 5.74) is 0. The first-order valence-electron chi connectivity index (χ1n) is 7.18. The quantitative estimate of drug-likeness (QED) is 0.690. The van der Waals surface area contributed by atoms with E-state index in [2.05, 4.69) is 19.2 Å². The number of carbonyl (C=O) groups excluding carboxylic acids is 1. The number of hydrogen-bond acceptors (Lipinski definition) is 4. The van der Waals surface area contributed by atoms with Crippen molar-refractivity contribution in [3.05, 3.63) is 0 Å². The summed E-state index contributed by atoms with van der Waals surface area (Å²) in [6.07, 6.45) is 6.83. The third-order valence-electron chi connectivity index (χ3n) is 3.58. The lowest BCUT2D eigenvalue weighted by Crippen LogP contribution is -2.46. The van der Waals surface area contributed by atoms with Gasteiger partial charge in [-0.2, -0.15) is 11.8 Å². The van der Waals surface area contributed by atoms with Crippen molar-refractivity contribution < 1.29 is 9.53 Å². The van der Waals surface area contributed by atoms with E-state index >= 15 is 0 Å². The van der Waals surface area contributed by atoms with Crippen molar-refractivity contribution in [1.29, 1.82) is 0 Å². The zero-order valence-electron chi connectivity index (χ0n) is 11.9. The van der Waals surface area contributed by atoms with Crippen molar-refractivity contribution in [3.8, 4) is 0 Å². The van der Waals surface area contributed by atoms with Crippen LogP contribution in [0.15, 0.2) is 0 Å². The Bertz CT molecular complexity index is 248. The van der Waals surface area contributed by atoms with Gasteiger partial charge in [0.15, 0.2) is 0 Å². The molecule has 0 aliphatic heterocycles. The summed E-state index contributed by atoms with van der Waals surface area (Å²) in [4.78, 5) is 11.8. The minimum Gasteiger partial charge on any atom is -0.468 e. The molecule has 0 spiro atoms. The van der Waals surface area contributed by atoms with Gasteiger partial charge in [0.05, 0.1) is 7.11 Å². The molecule has 0 aromatic heterocycles. The standard InChI is InChI=1S/C14H27NO2S/c1-4-6-8-12(14(16)17-3)15-11-9-7-10-13(11)18-5-2/h11-13,15H,4-10H2,1-3H3. The first kappa shape index (κ1) is 15.8. The fourth-order valence-electron chi connectivity index (χ4n) is 2.61. The first-order valence-corrected chi connectivity index (χ1v) is 8.23.